The Morgan fingerprint density at radius 1 is 1.03 bits per heavy atom. The fourth-order valence-electron chi connectivity index (χ4n) is 3.66. The number of hydrogen-bond donors (Lipinski definition) is 0. The van der Waals surface area contributed by atoms with Gasteiger partial charge in [-0.05, 0) is 37.6 Å². The van der Waals surface area contributed by atoms with E-state index in [0.29, 0.717) is 13.1 Å². The molecule has 0 aliphatic carbocycles. The predicted octanol–water partition coefficient (Wildman–Crippen LogP) is 4.41. The maximum Gasteiger partial charge on any atom is 0.246 e. The molecule has 4 aromatic rings. The Morgan fingerprint density at radius 2 is 1.72 bits per heavy atom. The summed E-state index contributed by atoms with van der Waals surface area (Å²) in [5.74, 6) is -0.0629. The van der Waals surface area contributed by atoms with Crippen molar-refractivity contribution in [2.24, 2.45) is 0 Å². The molecule has 32 heavy (non-hydrogen) atoms. The van der Waals surface area contributed by atoms with Crippen LogP contribution < -0.4 is 0 Å². The van der Waals surface area contributed by atoms with Crippen LogP contribution in [0.5, 0.6) is 0 Å². The van der Waals surface area contributed by atoms with Crippen LogP contribution >= 0.6 is 0 Å². The minimum absolute atomic E-state index is 0.0629. The van der Waals surface area contributed by atoms with E-state index in [0.717, 1.165) is 28.2 Å². The molecule has 2 aromatic heterocycles. The van der Waals surface area contributed by atoms with Gasteiger partial charge in [0.15, 0.2) is 0 Å². The van der Waals surface area contributed by atoms with Crippen molar-refractivity contribution in [2.45, 2.75) is 26.9 Å². The molecule has 0 atom stereocenters. The Morgan fingerprint density at radius 3 is 2.44 bits per heavy atom. The van der Waals surface area contributed by atoms with Crippen LogP contribution in [0.3, 0.4) is 0 Å². The summed E-state index contributed by atoms with van der Waals surface area (Å²) in [5.41, 5.74) is 6.13. The van der Waals surface area contributed by atoms with Gasteiger partial charge in [-0.1, -0.05) is 48.5 Å². The number of hydrogen-bond acceptors (Lipinski definition) is 3. The highest BCUT2D eigenvalue weighted by atomic mass is 16.2. The van der Waals surface area contributed by atoms with Crippen molar-refractivity contribution in [3.63, 3.8) is 0 Å². The van der Waals surface area contributed by atoms with Gasteiger partial charge in [0.1, 0.15) is 0 Å². The SMILES string of the molecule is Cc1nn(-c2ccccc2)c(C)c1CN(C)C(=O)/C=C/c1cnn(Cc2ccccc2)c1. The third kappa shape index (κ3) is 4.86. The van der Waals surface area contributed by atoms with Crippen LogP contribution in [0.15, 0.2) is 79.1 Å². The highest BCUT2D eigenvalue weighted by Crippen LogP contribution is 2.19. The van der Waals surface area contributed by atoms with Crippen molar-refractivity contribution in [3.05, 3.63) is 107 Å². The average Bonchev–Trinajstić information content (AvgIpc) is 3.37. The molecule has 6 nitrogen and oxygen atoms in total. The van der Waals surface area contributed by atoms with Crippen molar-refractivity contribution >= 4 is 12.0 Å². The summed E-state index contributed by atoms with van der Waals surface area (Å²) in [4.78, 5) is 14.4. The molecule has 0 aliphatic heterocycles. The molecular weight excluding hydrogens is 398 g/mol. The van der Waals surface area contributed by atoms with Crippen molar-refractivity contribution < 1.29 is 4.79 Å². The van der Waals surface area contributed by atoms with Crippen LogP contribution in [0.2, 0.25) is 0 Å². The topological polar surface area (TPSA) is 56.0 Å². The molecule has 0 aliphatic rings. The lowest BCUT2D eigenvalue weighted by molar-refractivity contribution is -0.125. The number of aromatic nitrogens is 4. The molecule has 4 rings (SSSR count). The minimum atomic E-state index is -0.0629. The fraction of sp³-hybridized carbons (Fsp3) is 0.192. The van der Waals surface area contributed by atoms with E-state index in [1.807, 2.05) is 85.0 Å². The largest absolute Gasteiger partial charge is 0.338 e. The van der Waals surface area contributed by atoms with E-state index >= 15 is 0 Å². The number of para-hydroxylation sites is 1. The van der Waals surface area contributed by atoms with E-state index in [1.54, 1.807) is 23.2 Å². The Labute approximate surface area is 188 Å². The van der Waals surface area contributed by atoms with Crippen LogP contribution in [-0.4, -0.2) is 37.4 Å². The van der Waals surface area contributed by atoms with Gasteiger partial charge >= 0.3 is 0 Å². The number of carbonyl (C=O) groups excluding carboxylic acids is 1. The molecule has 0 bridgehead atoms. The zero-order valence-electron chi connectivity index (χ0n) is 18.6. The molecule has 0 spiro atoms. The molecule has 0 fully saturated rings. The second-order valence-electron chi connectivity index (χ2n) is 7.88. The van der Waals surface area contributed by atoms with Gasteiger partial charge < -0.3 is 4.90 Å². The standard InChI is InChI=1S/C26H27N5O/c1-20-25(21(2)31(28-20)24-12-8-5-9-13-24)19-29(3)26(32)15-14-23-16-27-30(18-23)17-22-10-6-4-7-11-22/h4-16,18H,17,19H2,1-3H3/b15-14+. The lowest BCUT2D eigenvalue weighted by Gasteiger charge is -2.15. The predicted molar refractivity (Wildman–Crippen MR) is 126 cm³/mol. The number of carbonyl (C=O) groups is 1. The zero-order chi connectivity index (χ0) is 22.5. The maximum absolute atomic E-state index is 12.7. The van der Waals surface area contributed by atoms with Crippen LogP contribution in [-0.2, 0) is 17.9 Å². The van der Waals surface area contributed by atoms with E-state index in [4.69, 9.17) is 0 Å². The van der Waals surface area contributed by atoms with E-state index in [2.05, 4.69) is 22.3 Å². The first-order valence-electron chi connectivity index (χ1n) is 10.6. The van der Waals surface area contributed by atoms with Gasteiger partial charge in [0, 0.05) is 42.7 Å². The number of nitrogens with zero attached hydrogens (tertiary/aromatic N) is 5. The van der Waals surface area contributed by atoms with Gasteiger partial charge in [-0.25, -0.2) is 4.68 Å². The normalized spacial score (nSPS) is 11.2. The molecule has 2 heterocycles. The lowest BCUT2D eigenvalue weighted by Crippen LogP contribution is -2.24. The number of rotatable bonds is 7. The third-order valence-corrected chi connectivity index (χ3v) is 5.47. The third-order valence-electron chi connectivity index (χ3n) is 5.47. The molecule has 2 aromatic carbocycles. The Hall–Kier alpha value is -3.93. The molecule has 0 saturated heterocycles. The monoisotopic (exact) mass is 425 g/mol. The molecular formula is C26H27N5O. The molecule has 162 valence electrons. The summed E-state index contributed by atoms with van der Waals surface area (Å²) in [6.07, 6.45) is 7.11. The number of likely N-dealkylation sites (N-methyl/N-ethyl adjacent to an activating group) is 1. The van der Waals surface area contributed by atoms with Crippen LogP contribution in [0.1, 0.15) is 28.1 Å². The first kappa shape index (κ1) is 21.3. The molecule has 0 saturated carbocycles. The van der Waals surface area contributed by atoms with Crippen molar-refractivity contribution in [1.82, 2.24) is 24.5 Å². The second kappa shape index (κ2) is 9.47. The highest BCUT2D eigenvalue weighted by molar-refractivity contribution is 5.91. The average molecular weight is 426 g/mol. The van der Waals surface area contributed by atoms with Gasteiger partial charge in [0.2, 0.25) is 5.91 Å². The second-order valence-corrected chi connectivity index (χ2v) is 7.88. The van der Waals surface area contributed by atoms with E-state index < -0.39 is 0 Å². The van der Waals surface area contributed by atoms with Crippen molar-refractivity contribution in [3.8, 4) is 5.69 Å². The molecule has 0 radical (unpaired) electrons. The summed E-state index contributed by atoms with van der Waals surface area (Å²) in [7, 11) is 1.81. The fourth-order valence-corrected chi connectivity index (χ4v) is 3.66. The van der Waals surface area contributed by atoms with Crippen LogP contribution in [0.25, 0.3) is 11.8 Å². The van der Waals surface area contributed by atoms with Gasteiger partial charge in [-0.2, -0.15) is 10.2 Å². The molecule has 1 amide bonds. The van der Waals surface area contributed by atoms with Crippen molar-refractivity contribution in [2.75, 3.05) is 7.05 Å². The van der Waals surface area contributed by atoms with Crippen LogP contribution in [0, 0.1) is 13.8 Å². The van der Waals surface area contributed by atoms with Gasteiger partial charge in [0.25, 0.3) is 0 Å². The van der Waals surface area contributed by atoms with E-state index in [9.17, 15) is 4.79 Å². The first-order valence-corrected chi connectivity index (χ1v) is 10.6. The van der Waals surface area contributed by atoms with Gasteiger partial charge in [0.05, 0.1) is 24.1 Å². The molecule has 0 unspecified atom stereocenters. The van der Waals surface area contributed by atoms with Crippen molar-refractivity contribution in [1.29, 1.82) is 0 Å². The van der Waals surface area contributed by atoms with E-state index in [-0.39, 0.29) is 5.91 Å². The first-order chi connectivity index (χ1) is 15.5. The van der Waals surface area contributed by atoms with E-state index in [1.165, 1.54) is 5.56 Å². The molecule has 6 heteroatoms. The number of benzene rings is 2. The Kier molecular flexibility index (Phi) is 6.31. The summed E-state index contributed by atoms with van der Waals surface area (Å²) in [6.45, 7) is 5.22. The Balaban J connectivity index is 1.41. The van der Waals surface area contributed by atoms with Gasteiger partial charge in [-0.15, -0.1) is 0 Å². The summed E-state index contributed by atoms with van der Waals surface area (Å²) < 4.78 is 3.80. The van der Waals surface area contributed by atoms with Crippen LogP contribution in [0.4, 0.5) is 0 Å². The summed E-state index contributed by atoms with van der Waals surface area (Å²) in [6, 6.07) is 20.2. The summed E-state index contributed by atoms with van der Waals surface area (Å²) >= 11 is 0. The smallest absolute Gasteiger partial charge is 0.246 e. The molecule has 0 N–H and O–H groups in total. The highest BCUT2D eigenvalue weighted by Gasteiger charge is 2.16. The summed E-state index contributed by atoms with van der Waals surface area (Å²) in [5, 5.41) is 9.06. The van der Waals surface area contributed by atoms with Gasteiger partial charge in [-0.3, -0.25) is 9.48 Å². The lowest BCUT2D eigenvalue weighted by atomic mass is 10.2. The minimum Gasteiger partial charge on any atom is -0.338 e. The Bertz CT molecular complexity index is 1220. The maximum atomic E-state index is 12.7. The number of amides is 1. The quantitative estimate of drug-likeness (QED) is 0.412. The zero-order valence-corrected chi connectivity index (χ0v) is 18.6. The number of aryl methyl sites for hydroxylation is 1.